The van der Waals surface area contributed by atoms with Crippen LogP contribution in [0, 0.1) is 0 Å². The van der Waals surface area contributed by atoms with Crippen molar-refractivity contribution in [3.8, 4) is 0 Å². The van der Waals surface area contributed by atoms with Crippen LogP contribution in [0.25, 0.3) is 16.4 Å². The molecule has 23 heavy (non-hydrogen) atoms. The van der Waals surface area contributed by atoms with Gasteiger partial charge in [0.1, 0.15) is 5.65 Å². The maximum absolute atomic E-state index is 12.1. The lowest BCUT2D eigenvalue weighted by atomic mass is 10.1. The van der Waals surface area contributed by atoms with Crippen LogP contribution in [0.15, 0.2) is 77.7 Å². The smallest absolute Gasteiger partial charge is 0.258 e. The van der Waals surface area contributed by atoms with Gasteiger partial charge in [0.25, 0.3) is 5.56 Å². The summed E-state index contributed by atoms with van der Waals surface area (Å²) in [6, 6.07) is 21.5. The summed E-state index contributed by atoms with van der Waals surface area (Å²) >= 11 is 0. The molecular formula is C19H15N3O. The van der Waals surface area contributed by atoms with Crippen LogP contribution in [0.3, 0.4) is 0 Å². The van der Waals surface area contributed by atoms with Crippen molar-refractivity contribution in [3.63, 3.8) is 0 Å². The van der Waals surface area contributed by atoms with Gasteiger partial charge in [0, 0.05) is 23.3 Å². The lowest BCUT2D eigenvalue weighted by molar-refractivity contribution is 0.972. The molecule has 0 aliphatic carbocycles. The molecule has 2 aromatic heterocycles. The first-order valence-electron chi connectivity index (χ1n) is 7.50. The van der Waals surface area contributed by atoms with E-state index in [1.165, 1.54) is 5.39 Å². The van der Waals surface area contributed by atoms with E-state index in [0.717, 1.165) is 16.8 Å². The zero-order chi connectivity index (χ0) is 15.6. The van der Waals surface area contributed by atoms with Gasteiger partial charge in [-0.2, -0.15) is 0 Å². The van der Waals surface area contributed by atoms with Gasteiger partial charge in [-0.15, -0.1) is 0 Å². The minimum Gasteiger partial charge on any atom is -0.379 e. The first kappa shape index (κ1) is 13.5. The zero-order valence-corrected chi connectivity index (χ0v) is 12.4. The SMILES string of the molecule is O=c1cc(CNc2cccc3ccccc23)nc2ccccn12. The standard InChI is InChI=1S/C19H15N3O/c23-19-12-15(21-18-10-3-4-11-22(18)19)13-20-17-9-5-7-14-6-1-2-8-16(14)17/h1-12,20H,13H2. The molecule has 0 saturated carbocycles. The third kappa shape index (κ3) is 2.55. The largest absolute Gasteiger partial charge is 0.379 e. The van der Waals surface area contributed by atoms with E-state index in [-0.39, 0.29) is 5.56 Å². The van der Waals surface area contributed by atoms with Gasteiger partial charge in [-0.05, 0) is 23.6 Å². The van der Waals surface area contributed by atoms with E-state index in [0.29, 0.717) is 12.2 Å². The Morgan fingerprint density at radius 1 is 0.957 bits per heavy atom. The van der Waals surface area contributed by atoms with Crippen LogP contribution in [0.4, 0.5) is 5.69 Å². The van der Waals surface area contributed by atoms with Crippen molar-refractivity contribution in [2.45, 2.75) is 6.54 Å². The third-order valence-electron chi connectivity index (χ3n) is 3.87. The molecule has 0 aliphatic heterocycles. The van der Waals surface area contributed by atoms with Crippen LogP contribution >= 0.6 is 0 Å². The number of rotatable bonds is 3. The highest BCUT2D eigenvalue weighted by Gasteiger charge is 2.03. The van der Waals surface area contributed by atoms with Crippen molar-refractivity contribution >= 4 is 22.1 Å². The number of nitrogens with one attached hydrogen (secondary N) is 1. The normalized spacial score (nSPS) is 11.0. The fraction of sp³-hybridized carbons (Fsp3) is 0.0526. The summed E-state index contributed by atoms with van der Waals surface area (Å²) in [5.41, 5.74) is 2.37. The van der Waals surface area contributed by atoms with Gasteiger partial charge in [0.15, 0.2) is 0 Å². The molecule has 0 atom stereocenters. The Kier molecular flexibility index (Phi) is 3.27. The second-order valence-corrected chi connectivity index (χ2v) is 5.39. The van der Waals surface area contributed by atoms with E-state index in [1.54, 1.807) is 16.7 Å². The number of hydrogen-bond acceptors (Lipinski definition) is 3. The number of pyridine rings is 1. The fourth-order valence-corrected chi connectivity index (χ4v) is 2.76. The number of fused-ring (bicyclic) bond motifs is 2. The monoisotopic (exact) mass is 301 g/mol. The minimum absolute atomic E-state index is 0.0645. The molecule has 2 aromatic carbocycles. The van der Waals surface area contributed by atoms with E-state index >= 15 is 0 Å². The number of anilines is 1. The Morgan fingerprint density at radius 2 is 1.78 bits per heavy atom. The summed E-state index contributed by atoms with van der Waals surface area (Å²) < 4.78 is 1.54. The predicted molar refractivity (Wildman–Crippen MR) is 92.7 cm³/mol. The first-order chi connectivity index (χ1) is 11.3. The average molecular weight is 301 g/mol. The van der Waals surface area contributed by atoms with E-state index in [1.807, 2.05) is 42.5 Å². The quantitative estimate of drug-likeness (QED) is 0.630. The van der Waals surface area contributed by atoms with Gasteiger partial charge < -0.3 is 5.32 Å². The van der Waals surface area contributed by atoms with E-state index in [4.69, 9.17) is 0 Å². The molecule has 4 heteroatoms. The first-order valence-corrected chi connectivity index (χ1v) is 7.50. The minimum atomic E-state index is -0.0645. The maximum Gasteiger partial charge on any atom is 0.258 e. The molecule has 0 spiro atoms. The highest BCUT2D eigenvalue weighted by molar-refractivity contribution is 5.93. The number of aromatic nitrogens is 2. The van der Waals surface area contributed by atoms with E-state index in [9.17, 15) is 4.79 Å². The Morgan fingerprint density at radius 3 is 2.74 bits per heavy atom. The Hall–Kier alpha value is -3.14. The van der Waals surface area contributed by atoms with Crippen LogP contribution < -0.4 is 10.9 Å². The molecule has 0 unspecified atom stereocenters. The topological polar surface area (TPSA) is 46.4 Å². The van der Waals surface area contributed by atoms with Gasteiger partial charge in [0.2, 0.25) is 0 Å². The molecule has 0 fully saturated rings. The summed E-state index contributed by atoms with van der Waals surface area (Å²) in [6.45, 7) is 0.509. The number of nitrogens with zero attached hydrogens (tertiary/aromatic N) is 2. The summed E-state index contributed by atoms with van der Waals surface area (Å²) in [7, 11) is 0. The predicted octanol–water partition coefficient (Wildman–Crippen LogP) is 3.46. The van der Waals surface area contributed by atoms with Gasteiger partial charge in [-0.3, -0.25) is 9.20 Å². The van der Waals surface area contributed by atoms with Crippen molar-refractivity contribution in [3.05, 3.63) is 89.0 Å². The summed E-state index contributed by atoms with van der Waals surface area (Å²) in [5.74, 6) is 0. The second-order valence-electron chi connectivity index (χ2n) is 5.39. The number of benzene rings is 2. The van der Waals surface area contributed by atoms with Gasteiger partial charge >= 0.3 is 0 Å². The van der Waals surface area contributed by atoms with E-state index in [2.05, 4.69) is 28.5 Å². The lowest BCUT2D eigenvalue weighted by Gasteiger charge is -2.10. The van der Waals surface area contributed by atoms with Crippen molar-refractivity contribution < 1.29 is 0 Å². The van der Waals surface area contributed by atoms with Gasteiger partial charge in [0.05, 0.1) is 12.2 Å². The summed E-state index contributed by atoms with van der Waals surface area (Å²) in [4.78, 5) is 16.7. The molecule has 0 aliphatic rings. The van der Waals surface area contributed by atoms with Crippen molar-refractivity contribution in [2.24, 2.45) is 0 Å². The lowest BCUT2D eigenvalue weighted by Crippen LogP contribution is -2.16. The molecule has 0 saturated heterocycles. The molecule has 4 rings (SSSR count). The molecule has 4 nitrogen and oxygen atoms in total. The van der Waals surface area contributed by atoms with Crippen LogP contribution in [0.2, 0.25) is 0 Å². The third-order valence-corrected chi connectivity index (χ3v) is 3.87. The van der Waals surface area contributed by atoms with Crippen LogP contribution in [0.1, 0.15) is 5.69 Å². The van der Waals surface area contributed by atoms with Gasteiger partial charge in [-0.25, -0.2) is 4.98 Å². The number of hydrogen-bond donors (Lipinski definition) is 1. The Labute approximate surface area is 133 Å². The zero-order valence-electron chi connectivity index (χ0n) is 12.4. The second kappa shape index (κ2) is 5.57. The van der Waals surface area contributed by atoms with Crippen molar-refractivity contribution in [1.29, 1.82) is 0 Å². The molecule has 0 radical (unpaired) electrons. The molecule has 4 aromatic rings. The highest BCUT2D eigenvalue weighted by atomic mass is 16.1. The van der Waals surface area contributed by atoms with Crippen molar-refractivity contribution in [2.75, 3.05) is 5.32 Å². The maximum atomic E-state index is 12.1. The van der Waals surface area contributed by atoms with Crippen molar-refractivity contribution in [1.82, 2.24) is 9.38 Å². The molecule has 0 amide bonds. The average Bonchev–Trinajstić information content (AvgIpc) is 2.60. The molecule has 1 N–H and O–H groups in total. The Balaban J connectivity index is 1.67. The molecule has 2 heterocycles. The van der Waals surface area contributed by atoms with Crippen LogP contribution in [0.5, 0.6) is 0 Å². The molecular weight excluding hydrogens is 286 g/mol. The summed E-state index contributed by atoms with van der Waals surface area (Å²) in [5, 5.41) is 5.73. The van der Waals surface area contributed by atoms with Crippen LogP contribution in [-0.4, -0.2) is 9.38 Å². The highest BCUT2D eigenvalue weighted by Crippen LogP contribution is 2.23. The summed E-state index contributed by atoms with van der Waals surface area (Å²) in [6.07, 6.45) is 1.73. The van der Waals surface area contributed by atoms with Gasteiger partial charge in [-0.1, -0.05) is 42.5 Å². The fourth-order valence-electron chi connectivity index (χ4n) is 2.76. The Bertz CT molecular complexity index is 1050. The molecule has 0 bridgehead atoms. The molecule has 112 valence electrons. The van der Waals surface area contributed by atoms with E-state index < -0.39 is 0 Å². The van der Waals surface area contributed by atoms with Crippen LogP contribution in [-0.2, 0) is 6.54 Å².